The van der Waals surface area contributed by atoms with Gasteiger partial charge in [0, 0.05) is 11.6 Å². The van der Waals surface area contributed by atoms with Gasteiger partial charge < -0.3 is 15.4 Å². The number of hydrogen-bond donors (Lipinski definition) is 3. The molecule has 2 atom stereocenters. The molecule has 0 saturated heterocycles. The zero-order valence-electron chi connectivity index (χ0n) is 17.6. The van der Waals surface area contributed by atoms with Crippen molar-refractivity contribution in [3.05, 3.63) is 71.8 Å². The lowest BCUT2D eigenvalue weighted by molar-refractivity contribution is -0.148. The van der Waals surface area contributed by atoms with Crippen LogP contribution in [-0.4, -0.2) is 36.5 Å². The smallest absolute Gasteiger partial charge is 0.321 e. The highest BCUT2D eigenvalue weighted by molar-refractivity contribution is 5.96. The number of hydrogen-bond acceptors (Lipinski definition) is 5. The molecule has 8 nitrogen and oxygen atoms in total. The van der Waals surface area contributed by atoms with Crippen molar-refractivity contribution < 1.29 is 23.9 Å². The van der Waals surface area contributed by atoms with Gasteiger partial charge >= 0.3 is 12.0 Å². The molecule has 0 bridgehead atoms. The molecule has 31 heavy (non-hydrogen) atoms. The van der Waals surface area contributed by atoms with Crippen LogP contribution in [-0.2, 0) is 14.3 Å². The summed E-state index contributed by atoms with van der Waals surface area (Å²) in [7, 11) is 0. The number of nitrogens with one attached hydrogen (secondary N) is 3. The van der Waals surface area contributed by atoms with Crippen LogP contribution >= 0.6 is 0 Å². The number of benzene rings is 2. The van der Waals surface area contributed by atoms with Crippen molar-refractivity contribution in [2.24, 2.45) is 0 Å². The molecule has 0 aliphatic heterocycles. The van der Waals surface area contributed by atoms with Crippen LogP contribution in [0, 0.1) is 0 Å². The van der Waals surface area contributed by atoms with Crippen LogP contribution in [0.15, 0.2) is 60.7 Å². The first-order chi connectivity index (χ1) is 14.9. The van der Waals surface area contributed by atoms with E-state index in [4.69, 9.17) is 4.74 Å². The summed E-state index contributed by atoms with van der Waals surface area (Å²) in [6.45, 7) is 3.10. The lowest BCUT2D eigenvalue weighted by Crippen LogP contribution is -2.44. The van der Waals surface area contributed by atoms with Gasteiger partial charge in [-0.25, -0.2) is 4.79 Å². The third kappa shape index (κ3) is 8.30. The van der Waals surface area contributed by atoms with Crippen LogP contribution in [0.5, 0.6) is 0 Å². The number of rotatable bonds is 9. The molecule has 0 radical (unpaired) electrons. The Morgan fingerprint density at radius 3 is 2.13 bits per heavy atom. The monoisotopic (exact) mass is 425 g/mol. The molecular formula is C23H27N3O5. The van der Waals surface area contributed by atoms with Crippen molar-refractivity contribution in [3.63, 3.8) is 0 Å². The van der Waals surface area contributed by atoms with Crippen molar-refractivity contribution in [2.75, 3.05) is 6.61 Å². The van der Waals surface area contributed by atoms with Gasteiger partial charge in [-0.15, -0.1) is 0 Å². The summed E-state index contributed by atoms with van der Waals surface area (Å²) in [6.07, 6.45) is 0.543. The molecule has 0 fully saturated rings. The van der Waals surface area contributed by atoms with E-state index in [0.717, 1.165) is 5.56 Å². The van der Waals surface area contributed by atoms with Gasteiger partial charge in [0.15, 0.2) is 6.61 Å². The van der Waals surface area contributed by atoms with Gasteiger partial charge in [0.05, 0.1) is 12.5 Å². The molecule has 0 aliphatic rings. The fourth-order valence-corrected chi connectivity index (χ4v) is 2.66. The number of amides is 4. The molecular weight excluding hydrogens is 398 g/mol. The van der Waals surface area contributed by atoms with E-state index >= 15 is 0 Å². The van der Waals surface area contributed by atoms with Gasteiger partial charge in [-0.2, -0.15) is 0 Å². The van der Waals surface area contributed by atoms with Crippen molar-refractivity contribution >= 4 is 23.8 Å². The second kappa shape index (κ2) is 12.1. The highest BCUT2D eigenvalue weighted by Gasteiger charge is 2.21. The maximum Gasteiger partial charge on any atom is 0.321 e. The van der Waals surface area contributed by atoms with Crippen LogP contribution in [0.1, 0.15) is 48.7 Å². The molecule has 164 valence electrons. The Balaban J connectivity index is 1.93. The van der Waals surface area contributed by atoms with Crippen LogP contribution in [0.2, 0.25) is 0 Å². The Kier molecular flexibility index (Phi) is 9.22. The van der Waals surface area contributed by atoms with E-state index in [1.54, 1.807) is 61.5 Å². The average molecular weight is 425 g/mol. The number of carbonyl (C=O) groups is 4. The zero-order chi connectivity index (χ0) is 22.6. The Morgan fingerprint density at radius 1 is 0.903 bits per heavy atom. The average Bonchev–Trinajstić information content (AvgIpc) is 2.78. The maximum atomic E-state index is 12.5. The predicted molar refractivity (Wildman–Crippen MR) is 115 cm³/mol. The second-order valence-electron chi connectivity index (χ2n) is 7.00. The van der Waals surface area contributed by atoms with E-state index in [-0.39, 0.29) is 18.4 Å². The standard InChI is InChI=1S/C23H27N3O5/c1-3-16(2)24-23(30)26-20(27)15-31-21(28)14-19(17-10-6-4-7-11-17)25-22(29)18-12-8-5-9-13-18/h4-13,16,19H,3,14-15H2,1-2H3,(H,25,29)(H2,24,26,27,30)/t16-,19-/m0/s1. The van der Waals surface area contributed by atoms with E-state index in [2.05, 4.69) is 16.0 Å². The molecule has 0 aromatic heterocycles. The largest absolute Gasteiger partial charge is 0.455 e. The SMILES string of the molecule is CC[C@H](C)NC(=O)NC(=O)COC(=O)C[C@H](NC(=O)c1ccccc1)c1ccccc1. The molecule has 0 heterocycles. The Morgan fingerprint density at radius 2 is 1.52 bits per heavy atom. The van der Waals surface area contributed by atoms with Crippen molar-refractivity contribution in [1.29, 1.82) is 0 Å². The molecule has 4 amide bonds. The number of ether oxygens (including phenoxy) is 1. The zero-order valence-corrected chi connectivity index (χ0v) is 17.6. The number of esters is 1. The second-order valence-corrected chi connectivity index (χ2v) is 7.00. The van der Waals surface area contributed by atoms with Gasteiger partial charge in [-0.1, -0.05) is 55.5 Å². The minimum absolute atomic E-state index is 0.0878. The predicted octanol–water partition coefficient (Wildman–Crippen LogP) is 2.72. The molecule has 0 unspecified atom stereocenters. The number of imide groups is 1. The summed E-state index contributed by atoms with van der Waals surface area (Å²) < 4.78 is 4.99. The first kappa shape index (κ1) is 23.6. The van der Waals surface area contributed by atoms with E-state index in [1.807, 2.05) is 13.0 Å². The van der Waals surface area contributed by atoms with Crippen LogP contribution in [0.3, 0.4) is 0 Å². The summed E-state index contributed by atoms with van der Waals surface area (Å²) in [4.78, 5) is 48.3. The van der Waals surface area contributed by atoms with Crippen molar-refractivity contribution in [1.82, 2.24) is 16.0 Å². The van der Waals surface area contributed by atoms with Crippen molar-refractivity contribution in [2.45, 2.75) is 38.8 Å². The molecule has 2 rings (SSSR count). The number of carbonyl (C=O) groups excluding carboxylic acids is 4. The molecule has 0 spiro atoms. The lowest BCUT2D eigenvalue weighted by atomic mass is 10.0. The van der Waals surface area contributed by atoms with E-state index in [0.29, 0.717) is 12.0 Å². The van der Waals surface area contributed by atoms with E-state index in [9.17, 15) is 19.2 Å². The molecule has 3 N–H and O–H groups in total. The summed E-state index contributed by atoms with van der Waals surface area (Å²) in [6, 6.07) is 16.3. The normalized spacial score (nSPS) is 12.2. The fourth-order valence-electron chi connectivity index (χ4n) is 2.66. The molecule has 0 aliphatic carbocycles. The minimum Gasteiger partial charge on any atom is -0.455 e. The van der Waals surface area contributed by atoms with Gasteiger partial charge in [0.2, 0.25) is 0 Å². The molecule has 8 heteroatoms. The van der Waals surface area contributed by atoms with Gasteiger partial charge in [-0.05, 0) is 31.0 Å². The summed E-state index contributed by atoms with van der Waals surface area (Å²) in [5, 5.41) is 7.51. The van der Waals surface area contributed by atoms with Gasteiger partial charge in [0.1, 0.15) is 0 Å². The van der Waals surface area contributed by atoms with Gasteiger partial charge in [-0.3, -0.25) is 19.7 Å². The third-order valence-electron chi connectivity index (χ3n) is 4.52. The Hall–Kier alpha value is -3.68. The minimum atomic E-state index is -0.737. The van der Waals surface area contributed by atoms with Crippen molar-refractivity contribution in [3.8, 4) is 0 Å². The molecule has 0 saturated carbocycles. The van der Waals surface area contributed by atoms with Gasteiger partial charge in [0.25, 0.3) is 11.8 Å². The molecule has 2 aromatic rings. The van der Waals surface area contributed by atoms with E-state index in [1.165, 1.54) is 0 Å². The fraction of sp³-hybridized carbons (Fsp3) is 0.304. The number of urea groups is 1. The highest BCUT2D eigenvalue weighted by atomic mass is 16.5. The summed E-state index contributed by atoms with van der Waals surface area (Å²) >= 11 is 0. The first-order valence-corrected chi connectivity index (χ1v) is 10.1. The first-order valence-electron chi connectivity index (χ1n) is 10.1. The van der Waals surface area contributed by atoms with Crippen LogP contribution in [0.25, 0.3) is 0 Å². The topological polar surface area (TPSA) is 114 Å². The summed E-state index contributed by atoms with van der Waals surface area (Å²) in [5.41, 5.74) is 1.18. The summed E-state index contributed by atoms with van der Waals surface area (Å²) in [5.74, 6) is -1.75. The lowest BCUT2D eigenvalue weighted by Gasteiger charge is -2.19. The molecule has 2 aromatic carbocycles. The van der Waals surface area contributed by atoms with E-state index < -0.39 is 30.6 Å². The van der Waals surface area contributed by atoms with Crippen LogP contribution in [0.4, 0.5) is 4.79 Å². The highest BCUT2D eigenvalue weighted by Crippen LogP contribution is 2.18. The van der Waals surface area contributed by atoms with Crippen LogP contribution < -0.4 is 16.0 Å². The quantitative estimate of drug-likeness (QED) is 0.535. The Bertz CT molecular complexity index is 887. The maximum absolute atomic E-state index is 12.5. The third-order valence-corrected chi connectivity index (χ3v) is 4.52. The Labute approximate surface area is 181 Å².